The molecule has 2 aromatic rings. The van der Waals surface area contributed by atoms with Crippen molar-refractivity contribution < 1.29 is 9.90 Å². The highest BCUT2D eigenvalue weighted by Gasteiger charge is 2.36. The zero-order valence-corrected chi connectivity index (χ0v) is 12.7. The Morgan fingerprint density at radius 2 is 2.26 bits per heavy atom. The Balaban J connectivity index is 1.77. The monoisotopic (exact) mass is 311 g/mol. The van der Waals surface area contributed by atoms with Crippen LogP contribution >= 0.6 is 0 Å². The van der Waals surface area contributed by atoms with Crippen LogP contribution in [0.25, 0.3) is 0 Å². The van der Waals surface area contributed by atoms with Crippen LogP contribution in [0, 0.1) is 17.2 Å². The van der Waals surface area contributed by atoms with E-state index in [1.165, 1.54) is 12.3 Å². The van der Waals surface area contributed by atoms with Crippen LogP contribution in [0.15, 0.2) is 30.7 Å². The minimum Gasteiger partial charge on any atom is -0.393 e. The van der Waals surface area contributed by atoms with Gasteiger partial charge >= 0.3 is 0 Å². The van der Waals surface area contributed by atoms with Crippen LogP contribution in [0.5, 0.6) is 0 Å². The minimum absolute atomic E-state index is 0.185. The summed E-state index contributed by atoms with van der Waals surface area (Å²) in [6, 6.07) is 4.82. The van der Waals surface area contributed by atoms with Crippen LogP contribution < -0.4 is 5.32 Å². The quantitative estimate of drug-likeness (QED) is 0.874. The van der Waals surface area contributed by atoms with E-state index in [1.54, 1.807) is 16.9 Å². The van der Waals surface area contributed by atoms with E-state index in [2.05, 4.69) is 15.4 Å². The number of nitrogens with zero attached hydrogens (tertiary/aromatic N) is 4. The van der Waals surface area contributed by atoms with Crippen molar-refractivity contribution in [3.8, 4) is 6.07 Å². The maximum atomic E-state index is 12.4. The van der Waals surface area contributed by atoms with Gasteiger partial charge in [0, 0.05) is 25.0 Å². The SMILES string of the molecule is Cn1cc([C@@H](NC(=O)c2ccc(C#N)nc2)C2CC(O)C2)cn1. The van der Waals surface area contributed by atoms with Crippen LogP contribution in [-0.2, 0) is 7.05 Å². The van der Waals surface area contributed by atoms with E-state index >= 15 is 0 Å². The second-order valence-electron chi connectivity index (χ2n) is 5.83. The number of rotatable bonds is 4. The molecule has 0 bridgehead atoms. The zero-order valence-electron chi connectivity index (χ0n) is 12.7. The molecule has 2 heterocycles. The Hall–Kier alpha value is -2.72. The van der Waals surface area contributed by atoms with Crippen molar-refractivity contribution >= 4 is 5.91 Å². The fourth-order valence-electron chi connectivity index (χ4n) is 2.80. The van der Waals surface area contributed by atoms with Crippen LogP contribution in [0.3, 0.4) is 0 Å². The third-order valence-electron chi connectivity index (χ3n) is 4.13. The summed E-state index contributed by atoms with van der Waals surface area (Å²) in [5, 5.41) is 25.5. The minimum atomic E-state index is -0.298. The van der Waals surface area contributed by atoms with Crippen LogP contribution in [0.4, 0.5) is 0 Å². The van der Waals surface area contributed by atoms with E-state index < -0.39 is 0 Å². The van der Waals surface area contributed by atoms with Gasteiger partial charge in [-0.25, -0.2) is 4.98 Å². The lowest BCUT2D eigenvalue weighted by Crippen LogP contribution is -2.41. The summed E-state index contributed by atoms with van der Waals surface area (Å²) in [7, 11) is 1.82. The zero-order chi connectivity index (χ0) is 16.4. The van der Waals surface area contributed by atoms with Gasteiger partial charge in [-0.05, 0) is 30.9 Å². The van der Waals surface area contributed by atoms with Crippen molar-refractivity contribution in [1.29, 1.82) is 5.26 Å². The molecule has 2 N–H and O–H groups in total. The largest absolute Gasteiger partial charge is 0.393 e. The molecule has 0 unspecified atom stereocenters. The Labute approximate surface area is 133 Å². The van der Waals surface area contributed by atoms with Crippen molar-refractivity contribution in [1.82, 2.24) is 20.1 Å². The summed E-state index contributed by atoms with van der Waals surface area (Å²) in [6.45, 7) is 0. The van der Waals surface area contributed by atoms with Gasteiger partial charge in [0.1, 0.15) is 11.8 Å². The van der Waals surface area contributed by atoms with Crippen LogP contribution in [-0.4, -0.2) is 31.9 Å². The number of amides is 1. The van der Waals surface area contributed by atoms with Gasteiger partial charge in [-0.3, -0.25) is 9.48 Å². The molecular formula is C16H17N5O2. The van der Waals surface area contributed by atoms with Gasteiger partial charge in [0.2, 0.25) is 0 Å². The van der Waals surface area contributed by atoms with Crippen molar-refractivity contribution in [2.75, 3.05) is 0 Å². The Morgan fingerprint density at radius 3 is 2.78 bits per heavy atom. The molecule has 0 saturated heterocycles. The molecule has 3 rings (SSSR count). The molecular weight excluding hydrogens is 294 g/mol. The van der Waals surface area contributed by atoms with Gasteiger partial charge < -0.3 is 10.4 Å². The summed E-state index contributed by atoms with van der Waals surface area (Å²) >= 11 is 0. The predicted molar refractivity (Wildman–Crippen MR) is 81.1 cm³/mol. The maximum absolute atomic E-state index is 12.4. The van der Waals surface area contributed by atoms with Crippen molar-refractivity contribution in [2.24, 2.45) is 13.0 Å². The van der Waals surface area contributed by atoms with E-state index in [0.29, 0.717) is 18.4 Å². The fourth-order valence-corrected chi connectivity index (χ4v) is 2.80. The maximum Gasteiger partial charge on any atom is 0.253 e. The first-order valence-corrected chi connectivity index (χ1v) is 7.40. The molecule has 1 aliphatic rings. The standard InChI is InChI=1S/C16H17N5O2/c1-21-9-12(8-19-21)15(11-4-14(22)5-11)20-16(23)10-2-3-13(6-17)18-7-10/h2-3,7-9,11,14-15,22H,4-5H2,1H3,(H,20,23)/t11?,14?,15-/m0/s1. The topological polar surface area (TPSA) is 104 Å². The number of pyridine rings is 1. The fraction of sp³-hybridized carbons (Fsp3) is 0.375. The molecule has 1 atom stereocenters. The average Bonchev–Trinajstić information content (AvgIpc) is 2.96. The number of hydrogen-bond acceptors (Lipinski definition) is 5. The molecule has 23 heavy (non-hydrogen) atoms. The van der Waals surface area contributed by atoms with E-state index in [4.69, 9.17) is 5.26 Å². The number of nitriles is 1. The number of nitrogens with one attached hydrogen (secondary N) is 1. The number of aromatic nitrogens is 3. The molecule has 0 aliphatic heterocycles. The summed E-state index contributed by atoms with van der Waals surface area (Å²) < 4.78 is 1.69. The van der Waals surface area contributed by atoms with Crippen LogP contribution in [0.1, 0.15) is 40.5 Å². The van der Waals surface area contributed by atoms with Crippen molar-refractivity contribution in [3.05, 3.63) is 47.5 Å². The van der Waals surface area contributed by atoms with Gasteiger partial charge in [-0.1, -0.05) is 0 Å². The number of aliphatic hydroxyl groups excluding tert-OH is 1. The summed E-state index contributed by atoms with van der Waals surface area (Å²) in [4.78, 5) is 16.4. The molecule has 0 radical (unpaired) electrons. The third kappa shape index (κ3) is 3.22. The highest BCUT2D eigenvalue weighted by atomic mass is 16.3. The van der Waals surface area contributed by atoms with Crippen molar-refractivity contribution in [2.45, 2.75) is 25.0 Å². The highest BCUT2D eigenvalue weighted by Crippen LogP contribution is 2.38. The Kier molecular flexibility index (Phi) is 4.08. The third-order valence-corrected chi connectivity index (χ3v) is 4.13. The number of aliphatic hydroxyl groups is 1. The van der Waals surface area contributed by atoms with Gasteiger partial charge in [0.15, 0.2) is 0 Å². The molecule has 1 aliphatic carbocycles. The lowest BCUT2D eigenvalue weighted by molar-refractivity contribution is 0.0235. The Morgan fingerprint density at radius 1 is 1.48 bits per heavy atom. The normalized spacial score (nSPS) is 21.1. The lowest BCUT2D eigenvalue weighted by atomic mass is 9.75. The average molecular weight is 311 g/mol. The molecule has 0 spiro atoms. The van der Waals surface area contributed by atoms with Gasteiger partial charge in [-0.2, -0.15) is 10.4 Å². The van der Waals surface area contributed by atoms with E-state index in [-0.39, 0.29) is 29.7 Å². The molecule has 1 amide bonds. The Bertz CT molecular complexity index is 741. The second kappa shape index (κ2) is 6.18. The molecule has 118 valence electrons. The molecule has 0 aromatic carbocycles. The molecule has 7 heteroatoms. The van der Waals surface area contributed by atoms with Crippen LogP contribution in [0.2, 0.25) is 0 Å². The predicted octanol–water partition coefficient (Wildman–Crippen LogP) is 0.929. The first-order valence-electron chi connectivity index (χ1n) is 7.40. The van der Waals surface area contributed by atoms with Gasteiger partial charge in [0.05, 0.1) is 23.9 Å². The number of hydrogen-bond donors (Lipinski definition) is 2. The molecule has 1 saturated carbocycles. The lowest BCUT2D eigenvalue weighted by Gasteiger charge is -2.37. The first-order chi connectivity index (χ1) is 11.1. The molecule has 1 fully saturated rings. The van der Waals surface area contributed by atoms with Gasteiger partial charge in [0.25, 0.3) is 5.91 Å². The van der Waals surface area contributed by atoms with E-state index in [9.17, 15) is 9.90 Å². The molecule has 2 aromatic heterocycles. The van der Waals surface area contributed by atoms with E-state index in [0.717, 1.165) is 5.56 Å². The number of carbonyl (C=O) groups excluding carboxylic acids is 1. The number of aryl methyl sites for hydroxylation is 1. The highest BCUT2D eigenvalue weighted by molar-refractivity contribution is 5.94. The van der Waals surface area contributed by atoms with E-state index in [1.807, 2.05) is 19.3 Å². The summed E-state index contributed by atoms with van der Waals surface area (Å²) in [5.74, 6) is -0.0678. The summed E-state index contributed by atoms with van der Waals surface area (Å²) in [6.07, 6.45) is 6.01. The smallest absolute Gasteiger partial charge is 0.253 e. The summed E-state index contributed by atoms with van der Waals surface area (Å²) in [5.41, 5.74) is 1.59. The first kappa shape index (κ1) is 15.2. The molecule has 7 nitrogen and oxygen atoms in total. The van der Waals surface area contributed by atoms with Gasteiger partial charge in [-0.15, -0.1) is 0 Å². The van der Waals surface area contributed by atoms with Crippen molar-refractivity contribution in [3.63, 3.8) is 0 Å². The second-order valence-corrected chi connectivity index (χ2v) is 5.83. The number of carbonyl (C=O) groups is 1.